The zero-order valence-electron chi connectivity index (χ0n) is 13.9. The summed E-state index contributed by atoms with van der Waals surface area (Å²) in [7, 11) is 0. The monoisotopic (exact) mass is 317 g/mol. The molecule has 1 atom stereocenters. The van der Waals surface area contributed by atoms with Gasteiger partial charge in [-0.1, -0.05) is 31.2 Å². The van der Waals surface area contributed by atoms with E-state index in [2.05, 4.69) is 24.4 Å². The van der Waals surface area contributed by atoms with Crippen molar-refractivity contribution in [2.75, 3.05) is 26.2 Å². The molecule has 1 saturated heterocycles. The van der Waals surface area contributed by atoms with Gasteiger partial charge in [0.05, 0.1) is 12.3 Å². The zero-order valence-corrected chi connectivity index (χ0v) is 13.9. The van der Waals surface area contributed by atoms with E-state index >= 15 is 0 Å². The van der Waals surface area contributed by atoms with Crippen molar-refractivity contribution in [1.82, 2.24) is 10.2 Å². The Morgan fingerprint density at radius 2 is 1.96 bits per heavy atom. The normalized spacial score (nSPS) is 17.8. The fraction of sp³-hybridized carbons (Fsp3) is 0.556. The molecule has 0 aliphatic carbocycles. The number of hydrogen-bond acceptors (Lipinski definition) is 3. The number of carbonyl (C=O) groups is 2. The number of nitrogens with one attached hydrogen (secondary N) is 1. The van der Waals surface area contributed by atoms with Gasteiger partial charge >= 0.3 is 0 Å². The van der Waals surface area contributed by atoms with Gasteiger partial charge in [0.2, 0.25) is 11.8 Å². The number of hydrogen-bond donors (Lipinski definition) is 2. The fourth-order valence-electron chi connectivity index (χ4n) is 2.94. The molecule has 0 saturated carbocycles. The summed E-state index contributed by atoms with van der Waals surface area (Å²) in [6, 6.07) is 8.18. The lowest BCUT2D eigenvalue weighted by Gasteiger charge is -2.32. The lowest BCUT2D eigenvalue weighted by molar-refractivity contribution is -0.135. The van der Waals surface area contributed by atoms with Crippen LogP contribution < -0.4 is 11.1 Å². The van der Waals surface area contributed by atoms with E-state index in [1.54, 1.807) is 0 Å². The Kier molecular flexibility index (Phi) is 6.59. The molecule has 23 heavy (non-hydrogen) atoms. The quantitative estimate of drug-likeness (QED) is 0.825. The molecule has 1 fully saturated rings. The van der Waals surface area contributed by atoms with Crippen LogP contribution in [0.2, 0.25) is 0 Å². The summed E-state index contributed by atoms with van der Waals surface area (Å²) in [4.78, 5) is 26.4. The van der Waals surface area contributed by atoms with Gasteiger partial charge in [-0.25, -0.2) is 0 Å². The predicted molar refractivity (Wildman–Crippen MR) is 90.9 cm³/mol. The van der Waals surface area contributed by atoms with Crippen molar-refractivity contribution < 1.29 is 9.59 Å². The van der Waals surface area contributed by atoms with Crippen LogP contribution in [0.25, 0.3) is 0 Å². The molecule has 5 nitrogen and oxygen atoms in total. The third-order valence-corrected chi connectivity index (χ3v) is 4.38. The van der Waals surface area contributed by atoms with Gasteiger partial charge in [-0.05, 0) is 30.4 Å². The standard InChI is InChI=1S/C18H27N3O2/c1-2-14-5-7-15(8-6-14)12-17(22)21-11-3-4-16(13-21)18(23)20-10-9-19/h5-8,16H,2-4,9-13,19H2,1H3,(H,20,23). The molecular formula is C18H27N3O2. The van der Waals surface area contributed by atoms with Crippen molar-refractivity contribution in [2.45, 2.75) is 32.6 Å². The number of aryl methyl sites for hydroxylation is 1. The summed E-state index contributed by atoms with van der Waals surface area (Å²) in [5.41, 5.74) is 7.71. The van der Waals surface area contributed by atoms with Crippen LogP contribution in [0.1, 0.15) is 30.9 Å². The molecule has 0 spiro atoms. The lowest BCUT2D eigenvalue weighted by atomic mass is 9.96. The summed E-state index contributed by atoms with van der Waals surface area (Å²) in [6.45, 7) is 4.31. The topological polar surface area (TPSA) is 75.4 Å². The molecule has 126 valence electrons. The molecule has 5 heteroatoms. The first-order valence-corrected chi connectivity index (χ1v) is 8.47. The molecule has 1 aromatic carbocycles. The second-order valence-corrected chi connectivity index (χ2v) is 6.11. The van der Waals surface area contributed by atoms with Crippen molar-refractivity contribution in [1.29, 1.82) is 0 Å². The largest absolute Gasteiger partial charge is 0.355 e. The zero-order chi connectivity index (χ0) is 16.7. The molecule has 1 heterocycles. The van der Waals surface area contributed by atoms with Gasteiger partial charge in [0.25, 0.3) is 0 Å². The van der Waals surface area contributed by atoms with Crippen LogP contribution in [0.5, 0.6) is 0 Å². The predicted octanol–water partition coefficient (Wildman–Crippen LogP) is 1.11. The highest BCUT2D eigenvalue weighted by Gasteiger charge is 2.28. The maximum Gasteiger partial charge on any atom is 0.227 e. The highest BCUT2D eigenvalue weighted by Crippen LogP contribution is 2.18. The number of piperidine rings is 1. The summed E-state index contributed by atoms with van der Waals surface area (Å²) >= 11 is 0. The molecular weight excluding hydrogens is 290 g/mol. The second kappa shape index (κ2) is 8.67. The van der Waals surface area contributed by atoms with Crippen molar-refractivity contribution in [2.24, 2.45) is 11.7 Å². The van der Waals surface area contributed by atoms with Gasteiger partial charge in [-0.2, -0.15) is 0 Å². The molecule has 3 N–H and O–H groups in total. The summed E-state index contributed by atoms with van der Waals surface area (Å²) in [5, 5.41) is 2.82. The van der Waals surface area contributed by atoms with Crippen LogP contribution in [0.15, 0.2) is 24.3 Å². The average Bonchev–Trinajstić information content (AvgIpc) is 2.60. The Hall–Kier alpha value is -1.88. The first-order chi connectivity index (χ1) is 11.1. The SMILES string of the molecule is CCc1ccc(CC(=O)N2CCCC(C(=O)NCCN)C2)cc1. The Morgan fingerprint density at radius 1 is 1.26 bits per heavy atom. The minimum Gasteiger partial charge on any atom is -0.355 e. The first-order valence-electron chi connectivity index (χ1n) is 8.47. The van der Waals surface area contributed by atoms with Crippen LogP contribution in [-0.2, 0) is 22.4 Å². The molecule has 1 unspecified atom stereocenters. The molecule has 0 radical (unpaired) electrons. The van der Waals surface area contributed by atoms with Crippen molar-refractivity contribution in [3.05, 3.63) is 35.4 Å². The van der Waals surface area contributed by atoms with E-state index in [1.165, 1.54) is 5.56 Å². The number of likely N-dealkylation sites (tertiary alicyclic amines) is 1. The van der Waals surface area contributed by atoms with Gasteiger partial charge in [0.15, 0.2) is 0 Å². The van der Waals surface area contributed by atoms with Crippen molar-refractivity contribution in [3.8, 4) is 0 Å². The van der Waals surface area contributed by atoms with Crippen LogP contribution >= 0.6 is 0 Å². The van der Waals surface area contributed by atoms with E-state index in [0.29, 0.717) is 26.1 Å². The Balaban J connectivity index is 1.89. The van der Waals surface area contributed by atoms with Crippen LogP contribution in [0.3, 0.4) is 0 Å². The minimum absolute atomic E-state index is 0.0141. The molecule has 0 aromatic heterocycles. The minimum atomic E-state index is -0.110. The number of amides is 2. The number of benzene rings is 1. The van der Waals surface area contributed by atoms with Crippen LogP contribution in [0.4, 0.5) is 0 Å². The smallest absolute Gasteiger partial charge is 0.227 e. The molecule has 1 aliphatic heterocycles. The number of rotatable bonds is 6. The highest BCUT2D eigenvalue weighted by molar-refractivity contribution is 5.82. The van der Waals surface area contributed by atoms with Crippen LogP contribution in [-0.4, -0.2) is 42.9 Å². The Bertz CT molecular complexity index is 528. The Morgan fingerprint density at radius 3 is 2.61 bits per heavy atom. The third-order valence-electron chi connectivity index (χ3n) is 4.38. The van der Waals surface area contributed by atoms with Gasteiger partial charge in [0, 0.05) is 26.2 Å². The maximum absolute atomic E-state index is 12.5. The Labute approximate surface area is 138 Å². The van der Waals surface area contributed by atoms with Gasteiger partial charge in [-0.3, -0.25) is 9.59 Å². The lowest BCUT2D eigenvalue weighted by Crippen LogP contribution is -2.46. The summed E-state index contributed by atoms with van der Waals surface area (Å²) in [5.74, 6) is 0.00698. The first kappa shape index (κ1) is 17.5. The van der Waals surface area contributed by atoms with Crippen LogP contribution in [0, 0.1) is 5.92 Å². The summed E-state index contributed by atoms with van der Waals surface area (Å²) in [6.07, 6.45) is 3.12. The number of nitrogens with two attached hydrogens (primary N) is 1. The highest BCUT2D eigenvalue weighted by atomic mass is 16.2. The van der Waals surface area contributed by atoms with Gasteiger partial charge in [0.1, 0.15) is 0 Å². The molecule has 1 aromatic rings. The number of nitrogens with zero attached hydrogens (tertiary/aromatic N) is 1. The number of carbonyl (C=O) groups excluding carboxylic acids is 2. The van der Waals surface area contributed by atoms with E-state index in [-0.39, 0.29) is 17.7 Å². The second-order valence-electron chi connectivity index (χ2n) is 6.11. The molecule has 2 amide bonds. The maximum atomic E-state index is 12.5. The van der Waals surface area contributed by atoms with Crippen molar-refractivity contribution >= 4 is 11.8 Å². The molecule has 0 bridgehead atoms. The van der Waals surface area contributed by atoms with Gasteiger partial charge < -0.3 is 16.0 Å². The third kappa shape index (κ3) is 5.06. The fourth-order valence-corrected chi connectivity index (χ4v) is 2.94. The average molecular weight is 317 g/mol. The summed E-state index contributed by atoms with van der Waals surface area (Å²) < 4.78 is 0. The van der Waals surface area contributed by atoms with E-state index in [1.807, 2.05) is 17.0 Å². The van der Waals surface area contributed by atoms with E-state index < -0.39 is 0 Å². The van der Waals surface area contributed by atoms with Crippen molar-refractivity contribution in [3.63, 3.8) is 0 Å². The van der Waals surface area contributed by atoms with E-state index in [0.717, 1.165) is 31.4 Å². The van der Waals surface area contributed by atoms with E-state index in [4.69, 9.17) is 5.73 Å². The van der Waals surface area contributed by atoms with Gasteiger partial charge in [-0.15, -0.1) is 0 Å². The molecule has 2 rings (SSSR count). The van der Waals surface area contributed by atoms with E-state index in [9.17, 15) is 9.59 Å². The molecule has 1 aliphatic rings.